The normalized spacial score (nSPS) is 27.9. The van der Waals surface area contributed by atoms with Crippen LogP contribution in [-0.2, 0) is 9.53 Å². The van der Waals surface area contributed by atoms with E-state index in [-0.39, 0.29) is 0 Å². The first kappa shape index (κ1) is 15.4. The average molecular weight is 257 g/mol. The minimum atomic E-state index is -0.735. The Labute approximate surface area is 110 Å². The first-order valence-corrected chi connectivity index (χ1v) is 7.10. The van der Waals surface area contributed by atoms with E-state index in [1.165, 1.54) is 19.3 Å². The number of aliphatic carboxylic acids is 1. The predicted octanol–water partition coefficient (Wildman–Crippen LogP) is 2.28. The van der Waals surface area contributed by atoms with Crippen LogP contribution in [0.3, 0.4) is 0 Å². The maximum atomic E-state index is 11.0. The van der Waals surface area contributed by atoms with Crippen LogP contribution in [0.1, 0.15) is 46.0 Å². The summed E-state index contributed by atoms with van der Waals surface area (Å²) in [7, 11) is 1.69. The molecule has 0 saturated carbocycles. The second-order valence-electron chi connectivity index (χ2n) is 5.37. The highest BCUT2D eigenvalue weighted by Gasteiger charge is 2.36. The molecule has 0 spiro atoms. The van der Waals surface area contributed by atoms with Crippen molar-refractivity contribution in [1.29, 1.82) is 0 Å². The first-order chi connectivity index (χ1) is 8.62. The highest BCUT2D eigenvalue weighted by Crippen LogP contribution is 2.27. The average Bonchev–Trinajstić information content (AvgIpc) is 2.75. The van der Waals surface area contributed by atoms with Crippen molar-refractivity contribution in [3.05, 3.63) is 0 Å². The van der Waals surface area contributed by atoms with E-state index in [9.17, 15) is 4.79 Å². The van der Waals surface area contributed by atoms with Crippen LogP contribution in [0.5, 0.6) is 0 Å². The quantitative estimate of drug-likeness (QED) is 0.700. The van der Waals surface area contributed by atoms with Crippen LogP contribution in [0.2, 0.25) is 0 Å². The maximum absolute atomic E-state index is 11.0. The molecule has 0 bridgehead atoms. The Hall–Kier alpha value is -0.610. The summed E-state index contributed by atoms with van der Waals surface area (Å²) in [5.74, 6) is 0.366. The highest BCUT2D eigenvalue weighted by atomic mass is 16.5. The number of carbonyl (C=O) groups is 1. The predicted molar refractivity (Wildman–Crippen MR) is 71.6 cm³/mol. The number of hydrogen-bond acceptors (Lipinski definition) is 3. The smallest absolute Gasteiger partial charge is 0.320 e. The van der Waals surface area contributed by atoms with Crippen LogP contribution in [0.4, 0.5) is 0 Å². The number of ether oxygens (including phenoxy) is 1. The van der Waals surface area contributed by atoms with E-state index in [2.05, 4.69) is 19.2 Å². The first-order valence-electron chi connectivity index (χ1n) is 7.10. The molecule has 1 fully saturated rings. The summed E-state index contributed by atoms with van der Waals surface area (Å²) < 4.78 is 5.21. The summed E-state index contributed by atoms with van der Waals surface area (Å²) >= 11 is 0. The standard InChI is InChI=1S/C14H27NO3/c1-4-10(5-2)6-7-12-11(9-18-3)8-13(15-12)14(16)17/h10-13,15H,4-9H2,1-3H3,(H,16,17)/t11-,12?,13+/m0/s1. The van der Waals surface area contributed by atoms with Gasteiger partial charge in [0.2, 0.25) is 0 Å². The van der Waals surface area contributed by atoms with Gasteiger partial charge in [0.1, 0.15) is 6.04 Å². The van der Waals surface area contributed by atoms with Crippen LogP contribution in [-0.4, -0.2) is 36.9 Å². The Morgan fingerprint density at radius 1 is 1.44 bits per heavy atom. The molecular weight excluding hydrogens is 230 g/mol. The molecule has 0 aliphatic carbocycles. The molecule has 0 aromatic rings. The molecule has 3 atom stereocenters. The molecule has 1 aliphatic rings. The van der Waals surface area contributed by atoms with Crippen LogP contribution in [0.15, 0.2) is 0 Å². The third-order valence-electron chi connectivity index (χ3n) is 4.24. The third kappa shape index (κ3) is 4.25. The lowest BCUT2D eigenvalue weighted by molar-refractivity contribution is -0.139. The van der Waals surface area contributed by atoms with E-state index in [1.807, 2.05) is 0 Å². The monoisotopic (exact) mass is 257 g/mol. The Kier molecular flexibility index (Phi) is 6.65. The summed E-state index contributed by atoms with van der Waals surface area (Å²) in [6, 6.07) is -0.0940. The molecule has 0 aromatic heterocycles. The zero-order valence-electron chi connectivity index (χ0n) is 11.8. The van der Waals surface area contributed by atoms with Gasteiger partial charge in [-0.1, -0.05) is 26.7 Å². The number of nitrogens with one attached hydrogen (secondary N) is 1. The van der Waals surface area contributed by atoms with E-state index in [0.29, 0.717) is 25.0 Å². The van der Waals surface area contributed by atoms with E-state index in [1.54, 1.807) is 7.11 Å². The molecule has 1 unspecified atom stereocenters. The molecule has 1 aliphatic heterocycles. The van der Waals surface area contributed by atoms with Crippen molar-refractivity contribution in [2.75, 3.05) is 13.7 Å². The van der Waals surface area contributed by atoms with Crippen LogP contribution >= 0.6 is 0 Å². The second kappa shape index (κ2) is 7.74. The lowest BCUT2D eigenvalue weighted by Gasteiger charge is -2.21. The molecule has 2 N–H and O–H groups in total. The van der Waals surface area contributed by atoms with Gasteiger partial charge in [-0.2, -0.15) is 0 Å². The molecule has 0 radical (unpaired) electrons. The van der Waals surface area contributed by atoms with E-state index in [4.69, 9.17) is 9.84 Å². The molecule has 0 aromatic carbocycles. The number of carboxylic acids is 1. The van der Waals surface area contributed by atoms with E-state index < -0.39 is 12.0 Å². The van der Waals surface area contributed by atoms with Crippen molar-refractivity contribution in [3.8, 4) is 0 Å². The number of hydrogen-bond donors (Lipinski definition) is 2. The van der Waals surface area contributed by atoms with Crippen molar-refractivity contribution < 1.29 is 14.6 Å². The Morgan fingerprint density at radius 2 is 2.11 bits per heavy atom. The summed E-state index contributed by atoms with van der Waals surface area (Å²) in [5.41, 5.74) is 0. The summed E-state index contributed by atoms with van der Waals surface area (Å²) in [6.45, 7) is 5.11. The van der Waals surface area contributed by atoms with Crippen LogP contribution in [0, 0.1) is 11.8 Å². The molecule has 0 amide bonds. The summed E-state index contributed by atoms with van der Waals surface area (Å²) in [6.07, 6.45) is 5.35. The molecule has 106 valence electrons. The van der Waals surface area contributed by atoms with Crippen molar-refractivity contribution in [2.24, 2.45) is 11.8 Å². The Bertz CT molecular complexity index is 253. The molecule has 18 heavy (non-hydrogen) atoms. The van der Waals surface area contributed by atoms with Crippen molar-refractivity contribution in [2.45, 2.75) is 58.0 Å². The minimum absolute atomic E-state index is 0.298. The van der Waals surface area contributed by atoms with Crippen molar-refractivity contribution >= 4 is 5.97 Å². The largest absolute Gasteiger partial charge is 0.480 e. The second-order valence-corrected chi connectivity index (χ2v) is 5.37. The van der Waals surface area contributed by atoms with Gasteiger partial charge in [0.05, 0.1) is 6.61 Å². The van der Waals surface area contributed by atoms with Crippen LogP contribution < -0.4 is 5.32 Å². The topological polar surface area (TPSA) is 58.6 Å². The molecule has 1 rings (SSSR count). The van der Waals surface area contributed by atoms with E-state index in [0.717, 1.165) is 12.3 Å². The fourth-order valence-electron chi connectivity index (χ4n) is 2.93. The number of methoxy groups -OCH3 is 1. The maximum Gasteiger partial charge on any atom is 0.320 e. The van der Waals surface area contributed by atoms with Gasteiger partial charge in [-0.25, -0.2) is 0 Å². The Morgan fingerprint density at radius 3 is 2.61 bits per heavy atom. The fraction of sp³-hybridized carbons (Fsp3) is 0.929. The number of carboxylic acid groups (broad SMARTS) is 1. The zero-order chi connectivity index (χ0) is 13.5. The van der Waals surface area contributed by atoms with Gasteiger partial charge in [0.15, 0.2) is 0 Å². The van der Waals surface area contributed by atoms with Gasteiger partial charge in [0, 0.05) is 13.2 Å². The molecule has 4 nitrogen and oxygen atoms in total. The molecular formula is C14H27NO3. The van der Waals surface area contributed by atoms with Gasteiger partial charge in [-0.3, -0.25) is 4.79 Å². The van der Waals surface area contributed by atoms with Gasteiger partial charge in [-0.15, -0.1) is 0 Å². The van der Waals surface area contributed by atoms with Crippen LogP contribution in [0.25, 0.3) is 0 Å². The van der Waals surface area contributed by atoms with Gasteiger partial charge in [0.25, 0.3) is 0 Å². The molecule has 4 heteroatoms. The van der Waals surface area contributed by atoms with Gasteiger partial charge >= 0.3 is 5.97 Å². The lowest BCUT2D eigenvalue weighted by Crippen LogP contribution is -2.36. The highest BCUT2D eigenvalue weighted by molar-refractivity contribution is 5.74. The Balaban J connectivity index is 2.47. The minimum Gasteiger partial charge on any atom is -0.480 e. The number of rotatable bonds is 8. The summed E-state index contributed by atoms with van der Waals surface area (Å²) in [5, 5.41) is 12.3. The fourth-order valence-corrected chi connectivity index (χ4v) is 2.93. The van der Waals surface area contributed by atoms with E-state index >= 15 is 0 Å². The molecule has 1 heterocycles. The SMILES string of the molecule is CCC(CC)CCC1N[C@@H](C(=O)O)C[C@H]1COC. The van der Waals surface area contributed by atoms with Crippen molar-refractivity contribution in [3.63, 3.8) is 0 Å². The third-order valence-corrected chi connectivity index (χ3v) is 4.24. The van der Waals surface area contributed by atoms with Gasteiger partial charge in [-0.05, 0) is 31.1 Å². The summed E-state index contributed by atoms with van der Waals surface area (Å²) in [4.78, 5) is 11.0. The lowest BCUT2D eigenvalue weighted by atomic mass is 9.90. The van der Waals surface area contributed by atoms with Gasteiger partial charge < -0.3 is 15.2 Å². The molecule has 1 saturated heterocycles. The zero-order valence-corrected chi connectivity index (χ0v) is 11.8. The van der Waals surface area contributed by atoms with Crippen molar-refractivity contribution in [1.82, 2.24) is 5.32 Å².